The van der Waals surface area contributed by atoms with Crippen LogP contribution in [0, 0.1) is 5.41 Å². The van der Waals surface area contributed by atoms with E-state index in [1.165, 1.54) is 5.54 Å². The van der Waals surface area contributed by atoms with Crippen LogP contribution < -0.4 is 0 Å². The highest BCUT2D eigenvalue weighted by molar-refractivity contribution is 6.25. The zero-order chi connectivity index (χ0) is 12.8. The molecule has 0 radical (unpaired) electrons. The summed E-state index contributed by atoms with van der Waals surface area (Å²) in [7, 11) is 0. The predicted molar refractivity (Wildman–Crippen MR) is 61.2 cm³/mol. The molecule has 0 fully saturated rings. The Morgan fingerprint density at radius 1 is 1.44 bits per heavy atom. The molecule has 16 heavy (non-hydrogen) atoms. The SMILES string of the molecule is CCOC(=O)C(CC)(CC(C)=CCl)C(=O)O. The van der Waals surface area contributed by atoms with Gasteiger partial charge in [-0.05, 0) is 26.7 Å². The lowest BCUT2D eigenvalue weighted by atomic mass is 9.79. The molecule has 0 rings (SSSR count). The van der Waals surface area contributed by atoms with Gasteiger partial charge in [-0.2, -0.15) is 0 Å². The van der Waals surface area contributed by atoms with Crippen molar-refractivity contribution in [3.05, 3.63) is 11.1 Å². The molecule has 4 nitrogen and oxygen atoms in total. The molecule has 1 unspecified atom stereocenters. The largest absolute Gasteiger partial charge is 0.480 e. The Labute approximate surface area is 100 Å². The molecular formula is C11H17ClO4. The Hall–Kier alpha value is -1.03. The number of esters is 1. The molecule has 0 saturated heterocycles. The minimum Gasteiger partial charge on any atom is -0.480 e. The molecule has 0 aromatic heterocycles. The summed E-state index contributed by atoms with van der Waals surface area (Å²) >= 11 is 5.49. The average Bonchev–Trinajstić information content (AvgIpc) is 2.25. The van der Waals surface area contributed by atoms with Gasteiger partial charge in [-0.25, -0.2) is 0 Å². The fraction of sp³-hybridized carbons (Fsp3) is 0.636. The number of ether oxygens (including phenoxy) is 1. The maximum absolute atomic E-state index is 11.7. The molecule has 0 amide bonds. The van der Waals surface area contributed by atoms with Crippen molar-refractivity contribution in [2.75, 3.05) is 6.61 Å². The third-order valence-corrected chi connectivity index (χ3v) is 2.82. The predicted octanol–water partition coefficient (Wildman–Crippen LogP) is 2.56. The fourth-order valence-corrected chi connectivity index (χ4v) is 1.52. The molecule has 0 spiro atoms. The van der Waals surface area contributed by atoms with Crippen LogP contribution in [0.25, 0.3) is 0 Å². The van der Waals surface area contributed by atoms with Gasteiger partial charge in [0.1, 0.15) is 0 Å². The molecule has 0 aliphatic heterocycles. The fourth-order valence-electron chi connectivity index (χ4n) is 1.44. The van der Waals surface area contributed by atoms with Crippen LogP contribution in [0.5, 0.6) is 0 Å². The monoisotopic (exact) mass is 248 g/mol. The number of carbonyl (C=O) groups is 2. The quantitative estimate of drug-likeness (QED) is 0.580. The van der Waals surface area contributed by atoms with E-state index in [1.807, 2.05) is 0 Å². The summed E-state index contributed by atoms with van der Waals surface area (Å²) in [5.41, 5.74) is 0.400. The lowest BCUT2D eigenvalue weighted by Gasteiger charge is -2.25. The smallest absolute Gasteiger partial charge is 0.323 e. The molecule has 0 aliphatic carbocycles. The first-order valence-electron chi connectivity index (χ1n) is 5.11. The van der Waals surface area contributed by atoms with Crippen LogP contribution in [0.2, 0.25) is 0 Å². The number of allylic oxidation sites excluding steroid dienone is 1. The molecule has 0 bridgehead atoms. The highest BCUT2D eigenvalue weighted by Gasteiger charge is 2.46. The summed E-state index contributed by atoms with van der Waals surface area (Å²) in [5.74, 6) is -1.88. The molecule has 0 aromatic carbocycles. The summed E-state index contributed by atoms with van der Waals surface area (Å²) in [6, 6.07) is 0. The van der Waals surface area contributed by atoms with Crippen molar-refractivity contribution < 1.29 is 19.4 Å². The summed E-state index contributed by atoms with van der Waals surface area (Å²) in [4.78, 5) is 23.0. The Kier molecular flexibility index (Phi) is 6.11. The van der Waals surface area contributed by atoms with E-state index in [1.54, 1.807) is 20.8 Å². The van der Waals surface area contributed by atoms with Gasteiger partial charge in [0.2, 0.25) is 0 Å². The van der Waals surface area contributed by atoms with Crippen molar-refractivity contribution >= 4 is 23.5 Å². The van der Waals surface area contributed by atoms with Crippen LogP contribution in [0.3, 0.4) is 0 Å². The molecule has 0 saturated carbocycles. The number of hydrogen-bond acceptors (Lipinski definition) is 3. The van der Waals surface area contributed by atoms with Gasteiger partial charge in [0.15, 0.2) is 5.41 Å². The number of carboxylic acids is 1. The highest BCUT2D eigenvalue weighted by atomic mass is 35.5. The van der Waals surface area contributed by atoms with Crippen LogP contribution in [-0.2, 0) is 14.3 Å². The Bertz CT molecular complexity index is 298. The van der Waals surface area contributed by atoms with Gasteiger partial charge in [-0.1, -0.05) is 24.1 Å². The highest BCUT2D eigenvalue weighted by Crippen LogP contribution is 2.32. The second-order valence-corrected chi connectivity index (χ2v) is 3.81. The van der Waals surface area contributed by atoms with Crippen LogP contribution in [0.4, 0.5) is 0 Å². The average molecular weight is 249 g/mol. The number of rotatable bonds is 6. The van der Waals surface area contributed by atoms with Crippen LogP contribution >= 0.6 is 11.6 Å². The second-order valence-electron chi connectivity index (χ2n) is 3.59. The Balaban J connectivity index is 5.15. The third kappa shape index (κ3) is 3.23. The van der Waals surface area contributed by atoms with Crippen molar-refractivity contribution in [3.63, 3.8) is 0 Å². The van der Waals surface area contributed by atoms with E-state index < -0.39 is 17.4 Å². The second kappa shape index (κ2) is 6.53. The molecule has 1 N–H and O–H groups in total. The molecule has 0 aliphatic rings. The van der Waals surface area contributed by atoms with Crippen LogP contribution in [0.1, 0.15) is 33.6 Å². The van der Waals surface area contributed by atoms with Crippen molar-refractivity contribution in [1.29, 1.82) is 0 Å². The summed E-state index contributed by atoms with van der Waals surface area (Å²) in [6.07, 6.45) is 0.240. The van der Waals surface area contributed by atoms with E-state index in [2.05, 4.69) is 0 Å². The normalized spacial score (nSPS) is 15.4. The van der Waals surface area contributed by atoms with E-state index in [9.17, 15) is 14.7 Å². The number of hydrogen-bond donors (Lipinski definition) is 1. The first kappa shape index (κ1) is 15.0. The number of carboxylic acid groups (broad SMARTS) is 1. The zero-order valence-corrected chi connectivity index (χ0v) is 10.5. The molecular weight excluding hydrogens is 232 g/mol. The minimum atomic E-state index is -1.52. The van der Waals surface area contributed by atoms with E-state index >= 15 is 0 Å². The molecule has 0 heterocycles. The molecule has 92 valence electrons. The minimum absolute atomic E-state index is 0.0706. The lowest BCUT2D eigenvalue weighted by molar-refractivity contribution is -0.168. The maximum Gasteiger partial charge on any atom is 0.323 e. The third-order valence-electron chi connectivity index (χ3n) is 2.45. The number of aliphatic carboxylic acids is 1. The van der Waals surface area contributed by atoms with Gasteiger partial charge in [0, 0.05) is 5.54 Å². The topological polar surface area (TPSA) is 63.6 Å². The van der Waals surface area contributed by atoms with Crippen LogP contribution in [0.15, 0.2) is 11.1 Å². The van der Waals surface area contributed by atoms with E-state index in [0.717, 1.165) is 0 Å². The molecule has 5 heteroatoms. The van der Waals surface area contributed by atoms with E-state index in [4.69, 9.17) is 16.3 Å². The first-order chi connectivity index (χ1) is 7.44. The van der Waals surface area contributed by atoms with Crippen LogP contribution in [-0.4, -0.2) is 23.7 Å². The molecule has 1 atom stereocenters. The van der Waals surface area contributed by atoms with Gasteiger partial charge < -0.3 is 9.84 Å². The Morgan fingerprint density at radius 2 is 2.00 bits per heavy atom. The van der Waals surface area contributed by atoms with Gasteiger partial charge >= 0.3 is 11.9 Å². The first-order valence-corrected chi connectivity index (χ1v) is 5.54. The summed E-state index contributed by atoms with van der Waals surface area (Å²) in [5, 5.41) is 9.19. The van der Waals surface area contributed by atoms with Crippen molar-refractivity contribution in [1.82, 2.24) is 0 Å². The number of halogens is 1. The van der Waals surface area contributed by atoms with Crippen molar-refractivity contribution in [2.45, 2.75) is 33.6 Å². The van der Waals surface area contributed by atoms with E-state index in [-0.39, 0.29) is 19.4 Å². The van der Waals surface area contributed by atoms with Gasteiger partial charge in [-0.3, -0.25) is 9.59 Å². The van der Waals surface area contributed by atoms with Crippen molar-refractivity contribution in [2.24, 2.45) is 5.41 Å². The van der Waals surface area contributed by atoms with E-state index in [0.29, 0.717) is 5.57 Å². The summed E-state index contributed by atoms with van der Waals surface area (Å²) in [6.45, 7) is 5.13. The summed E-state index contributed by atoms with van der Waals surface area (Å²) < 4.78 is 4.81. The Morgan fingerprint density at radius 3 is 2.31 bits per heavy atom. The lowest BCUT2D eigenvalue weighted by Crippen LogP contribution is -2.40. The van der Waals surface area contributed by atoms with Crippen molar-refractivity contribution in [3.8, 4) is 0 Å². The standard InChI is InChI=1S/C11H17ClO4/c1-4-11(9(13)14,6-8(3)7-12)10(15)16-5-2/h7H,4-6H2,1-3H3,(H,13,14). The van der Waals surface area contributed by atoms with Gasteiger partial charge in [-0.15, -0.1) is 0 Å². The number of carbonyl (C=O) groups excluding carboxylic acids is 1. The molecule has 0 aromatic rings. The maximum atomic E-state index is 11.7. The zero-order valence-electron chi connectivity index (χ0n) is 9.75. The van der Waals surface area contributed by atoms with Gasteiger partial charge in [0.25, 0.3) is 0 Å². The van der Waals surface area contributed by atoms with Gasteiger partial charge in [0.05, 0.1) is 6.61 Å².